The Hall–Kier alpha value is -1.65. The molecule has 0 aliphatic heterocycles. The van der Waals surface area contributed by atoms with Gasteiger partial charge in [0, 0.05) is 26.1 Å². The van der Waals surface area contributed by atoms with Gasteiger partial charge in [-0.25, -0.2) is 9.97 Å². The number of anilines is 1. The smallest absolute Gasteiger partial charge is 0.274 e. The number of nitrogens with zero attached hydrogens (tertiary/aromatic N) is 3. The predicted octanol–water partition coefficient (Wildman–Crippen LogP) is 2.90. The first-order valence-corrected chi connectivity index (χ1v) is 7.39. The molecule has 0 radical (unpaired) electrons. The lowest BCUT2D eigenvalue weighted by Gasteiger charge is -2.21. The van der Waals surface area contributed by atoms with Crippen molar-refractivity contribution in [3.63, 3.8) is 0 Å². The second-order valence-electron chi connectivity index (χ2n) is 5.13. The molecule has 112 valence electrons. The normalized spacial score (nSPS) is 10.7. The van der Waals surface area contributed by atoms with Gasteiger partial charge in [-0.05, 0) is 13.3 Å². The summed E-state index contributed by atoms with van der Waals surface area (Å²) in [7, 11) is 1.78. The summed E-state index contributed by atoms with van der Waals surface area (Å²) >= 11 is 0. The van der Waals surface area contributed by atoms with Gasteiger partial charge >= 0.3 is 0 Å². The van der Waals surface area contributed by atoms with Gasteiger partial charge in [0.2, 0.25) is 0 Å². The number of unbranched alkanes of at least 4 members (excludes halogenated alkanes) is 1. The van der Waals surface area contributed by atoms with Crippen LogP contribution in [0.15, 0.2) is 6.20 Å². The fourth-order valence-electron chi connectivity index (χ4n) is 1.92. The molecule has 0 saturated carbocycles. The van der Waals surface area contributed by atoms with Crippen molar-refractivity contribution >= 4 is 11.6 Å². The highest BCUT2D eigenvalue weighted by Gasteiger charge is 2.20. The maximum atomic E-state index is 12.6. The summed E-state index contributed by atoms with van der Waals surface area (Å²) in [6.07, 6.45) is 3.78. The van der Waals surface area contributed by atoms with Gasteiger partial charge in [-0.3, -0.25) is 4.79 Å². The molecule has 0 saturated heterocycles. The van der Waals surface area contributed by atoms with Crippen LogP contribution in [0.5, 0.6) is 0 Å². The van der Waals surface area contributed by atoms with E-state index in [9.17, 15) is 4.79 Å². The van der Waals surface area contributed by atoms with Crippen LogP contribution in [-0.2, 0) is 0 Å². The van der Waals surface area contributed by atoms with Crippen molar-refractivity contribution in [2.45, 2.75) is 46.5 Å². The minimum atomic E-state index is -0.0189. The maximum absolute atomic E-state index is 12.6. The average molecular weight is 278 g/mol. The van der Waals surface area contributed by atoms with E-state index in [-0.39, 0.29) is 11.8 Å². The summed E-state index contributed by atoms with van der Waals surface area (Å²) in [5, 5.41) is 3.01. The Morgan fingerprint density at radius 1 is 1.40 bits per heavy atom. The number of amides is 1. The van der Waals surface area contributed by atoms with Crippen LogP contribution in [0.4, 0.5) is 5.69 Å². The summed E-state index contributed by atoms with van der Waals surface area (Å²) in [6.45, 7) is 9.64. The largest absolute Gasteiger partial charge is 0.385 e. The van der Waals surface area contributed by atoms with Gasteiger partial charge in [-0.15, -0.1) is 0 Å². The van der Waals surface area contributed by atoms with Crippen LogP contribution in [0.2, 0.25) is 0 Å². The molecule has 0 unspecified atom stereocenters. The molecule has 1 heterocycles. The molecule has 1 aromatic heterocycles. The Bertz CT molecular complexity index is 445. The number of carbonyl (C=O) groups excluding carboxylic acids is 1. The van der Waals surface area contributed by atoms with Crippen molar-refractivity contribution in [3.8, 4) is 0 Å². The summed E-state index contributed by atoms with van der Waals surface area (Å²) in [6, 6.07) is 0. The third-order valence-electron chi connectivity index (χ3n) is 3.25. The van der Waals surface area contributed by atoms with Crippen molar-refractivity contribution in [2.24, 2.45) is 0 Å². The van der Waals surface area contributed by atoms with E-state index < -0.39 is 0 Å². The molecule has 0 aromatic carbocycles. The molecule has 0 aliphatic rings. The Kier molecular flexibility index (Phi) is 6.42. The van der Waals surface area contributed by atoms with Crippen molar-refractivity contribution in [1.82, 2.24) is 14.9 Å². The number of rotatable bonds is 7. The molecule has 20 heavy (non-hydrogen) atoms. The Labute approximate surface area is 121 Å². The van der Waals surface area contributed by atoms with Crippen molar-refractivity contribution in [2.75, 3.05) is 25.5 Å². The van der Waals surface area contributed by atoms with E-state index in [1.165, 1.54) is 0 Å². The zero-order chi connectivity index (χ0) is 15.1. The topological polar surface area (TPSA) is 58.1 Å². The molecule has 0 bridgehead atoms. The van der Waals surface area contributed by atoms with Crippen LogP contribution in [0.1, 0.15) is 62.8 Å². The summed E-state index contributed by atoms with van der Waals surface area (Å²) in [5.74, 6) is 0.895. The standard InChI is InChI=1S/C15H26N4O/c1-6-8-9-19(7-2)15(20)13-12(16-5)10-17-14(18-13)11(3)4/h10-11,16H,6-9H2,1-5H3. The van der Waals surface area contributed by atoms with E-state index in [0.29, 0.717) is 23.8 Å². The lowest BCUT2D eigenvalue weighted by molar-refractivity contribution is 0.0757. The fraction of sp³-hybridized carbons (Fsp3) is 0.667. The van der Waals surface area contributed by atoms with E-state index in [2.05, 4.69) is 22.2 Å². The number of hydrogen-bond donors (Lipinski definition) is 1. The molecule has 0 fully saturated rings. The molecule has 1 rings (SSSR count). The minimum absolute atomic E-state index is 0.0189. The van der Waals surface area contributed by atoms with E-state index in [4.69, 9.17) is 0 Å². The van der Waals surface area contributed by atoms with Crippen molar-refractivity contribution in [3.05, 3.63) is 17.7 Å². The van der Waals surface area contributed by atoms with Gasteiger partial charge in [0.1, 0.15) is 5.82 Å². The molecule has 1 amide bonds. The van der Waals surface area contributed by atoms with Crippen molar-refractivity contribution < 1.29 is 4.79 Å². The molecule has 0 spiro atoms. The minimum Gasteiger partial charge on any atom is -0.385 e. The van der Waals surface area contributed by atoms with Gasteiger partial charge in [-0.2, -0.15) is 0 Å². The molecule has 1 N–H and O–H groups in total. The van der Waals surface area contributed by atoms with Crippen LogP contribution in [0, 0.1) is 0 Å². The van der Waals surface area contributed by atoms with Crippen LogP contribution >= 0.6 is 0 Å². The van der Waals surface area contributed by atoms with E-state index in [1.54, 1.807) is 13.2 Å². The molecule has 0 atom stereocenters. The Morgan fingerprint density at radius 2 is 2.10 bits per heavy atom. The monoisotopic (exact) mass is 278 g/mol. The summed E-state index contributed by atoms with van der Waals surface area (Å²) in [5.41, 5.74) is 1.17. The van der Waals surface area contributed by atoms with Gasteiger partial charge < -0.3 is 10.2 Å². The molecule has 5 nitrogen and oxygen atoms in total. The van der Waals surface area contributed by atoms with Crippen LogP contribution < -0.4 is 5.32 Å². The van der Waals surface area contributed by atoms with Crippen LogP contribution in [0.25, 0.3) is 0 Å². The quantitative estimate of drug-likeness (QED) is 0.833. The van der Waals surface area contributed by atoms with Crippen molar-refractivity contribution in [1.29, 1.82) is 0 Å². The van der Waals surface area contributed by atoms with Crippen LogP contribution in [-0.4, -0.2) is 40.9 Å². The number of nitrogens with one attached hydrogen (secondary N) is 1. The maximum Gasteiger partial charge on any atom is 0.274 e. The van der Waals surface area contributed by atoms with Gasteiger partial charge in [0.25, 0.3) is 5.91 Å². The molecular weight excluding hydrogens is 252 g/mol. The predicted molar refractivity (Wildman–Crippen MR) is 82.2 cm³/mol. The van der Waals surface area contributed by atoms with Gasteiger partial charge in [0.05, 0.1) is 11.9 Å². The average Bonchev–Trinajstić information content (AvgIpc) is 2.46. The second-order valence-corrected chi connectivity index (χ2v) is 5.13. The molecular formula is C15H26N4O. The Balaban J connectivity index is 3.07. The molecule has 5 heteroatoms. The van der Waals surface area contributed by atoms with Crippen LogP contribution in [0.3, 0.4) is 0 Å². The third-order valence-corrected chi connectivity index (χ3v) is 3.25. The van der Waals surface area contributed by atoms with Gasteiger partial charge in [-0.1, -0.05) is 27.2 Å². The summed E-state index contributed by atoms with van der Waals surface area (Å²) in [4.78, 5) is 23.2. The SMILES string of the molecule is CCCCN(CC)C(=O)c1nc(C(C)C)ncc1NC. The van der Waals surface area contributed by atoms with E-state index >= 15 is 0 Å². The van der Waals surface area contributed by atoms with E-state index in [0.717, 1.165) is 19.4 Å². The lowest BCUT2D eigenvalue weighted by Crippen LogP contribution is -2.33. The molecule has 1 aromatic rings. The fourth-order valence-corrected chi connectivity index (χ4v) is 1.92. The number of carbonyl (C=O) groups is 1. The first-order valence-electron chi connectivity index (χ1n) is 7.39. The first kappa shape index (κ1) is 16.4. The van der Waals surface area contributed by atoms with Gasteiger partial charge in [0.15, 0.2) is 5.69 Å². The highest BCUT2D eigenvalue weighted by atomic mass is 16.2. The number of aromatic nitrogens is 2. The zero-order valence-corrected chi connectivity index (χ0v) is 13.2. The molecule has 0 aliphatic carbocycles. The third kappa shape index (κ3) is 3.92. The second kappa shape index (κ2) is 7.82. The number of hydrogen-bond acceptors (Lipinski definition) is 4. The summed E-state index contributed by atoms with van der Waals surface area (Å²) < 4.78 is 0. The highest BCUT2D eigenvalue weighted by Crippen LogP contribution is 2.18. The lowest BCUT2D eigenvalue weighted by atomic mass is 10.2. The highest BCUT2D eigenvalue weighted by molar-refractivity contribution is 5.97. The van der Waals surface area contributed by atoms with E-state index in [1.807, 2.05) is 25.7 Å². The first-order chi connectivity index (χ1) is 9.54. The zero-order valence-electron chi connectivity index (χ0n) is 13.2. The Morgan fingerprint density at radius 3 is 2.60 bits per heavy atom.